The molecule has 2 aromatic heterocycles. The molecule has 0 saturated carbocycles. The molecule has 24 heavy (non-hydrogen) atoms. The van der Waals surface area contributed by atoms with Crippen molar-refractivity contribution in [3.8, 4) is 0 Å². The highest BCUT2D eigenvalue weighted by atomic mass is 15.3. The summed E-state index contributed by atoms with van der Waals surface area (Å²) in [6.45, 7) is 4.34. The number of fused-ring (bicyclic) bond motifs is 1. The van der Waals surface area contributed by atoms with E-state index in [-0.39, 0.29) is 0 Å². The van der Waals surface area contributed by atoms with E-state index in [1.165, 1.54) is 29.6 Å². The summed E-state index contributed by atoms with van der Waals surface area (Å²) in [6, 6.07) is 13.3. The normalized spacial score (nSPS) is 18.2. The number of nitrogens with zero attached hydrogens (tertiary/aromatic N) is 4. The van der Waals surface area contributed by atoms with Crippen LogP contribution in [0, 0.1) is 0 Å². The molecule has 0 N–H and O–H groups in total. The van der Waals surface area contributed by atoms with E-state index < -0.39 is 0 Å². The summed E-state index contributed by atoms with van der Waals surface area (Å²) in [6.07, 6.45) is 8.52. The lowest BCUT2D eigenvalue weighted by Crippen LogP contribution is -2.37. The van der Waals surface area contributed by atoms with Gasteiger partial charge in [-0.05, 0) is 37.5 Å². The van der Waals surface area contributed by atoms with Crippen molar-refractivity contribution in [2.75, 3.05) is 18.0 Å². The Labute approximate surface area is 143 Å². The lowest BCUT2D eigenvalue weighted by atomic mass is 10.0. The van der Waals surface area contributed by atoms with Crippen LogP contribution >= 0.6 is 0 Å². The Hall–Kier alpha value is -2.36. The highest BCUT2D eigenvalue weighted by molar-refractivity contribution is 5.92. The van der Waals surface area contributed by atoms with E-state index in [0.29, 0.717) is 6.04 Å². The maximum absolute atomic E-state index is 4.85. The van der Waals surface area contributed by atoms with Crippen molar-refractivity contribution in [1.82, 2.24) is 14.8 Å². The van der Waals surface area contributed by atoms with Gasteiger partial charge in [-0.15, -0.1) is 0 Å². The quantitative estimate of drug-likeness (QED) is 0.721. The summed E-state index contributed by atoms with van der Waals surface area (Å²) in [7, 11) is 0. The SMILES string of the molecule is CCCc1cc(N2CCCC(n3cccn3)C2)c2ccccc2n1. The Morgan fingerprint density at radius 3 is 2.96 bits per heavy atom. The second kappa shape index (κ2) is 6.63. The minimum atomic E-state index is 0.454. The summed E-state index contributed by atoms with van der Waals surface area (Å²) >= 11 is 0. The molecule has 0 bridgehead atoms. The van der Waals surface area contributed by atoms with Crippen molar-refractivity contribution >= 4 is 16.6 Å². The molecule has 4 nitrogen and oxygen atoms in total. The van der Waals surface area contributed by atoms with Gasteiger partial charge in [-0.3, -0.25) is 9.67 Å². The zero-order valence-corrected chi connectivity index (χ0v) is 14.2. The van der Waals surface area contributed by atoms with Crippen LogP contribution in [-0.2, 0) is 6.42 Å². The van der Waals surface area contributed by atoms with Gasteiger partial charge in [0.25, 0.3) is 0 Å². The minimum Gasteiger partial charge on any atom is -0.369 e. The molecule has 3 heterocycles. The third-order valence-electron chi connectivity index (χ3n) is 4.89. The molecule has 0 aliphatic carbocycles. The second-order valence-electron chi connectivity index (χ2n) is 6.63. The maximum atomic E-state index is 4.85. The first kappa shape index (κ1) is 15.2. The maximum Gasteiger partial charge on any atom is 0.0726 e. The van der Waals surface area contributed by atoms with E-state index in [4.69, 9.17) is 4.98 Å². The fourth-order valence-electron chi connectivity index (χ4n) is 3.74. The third-order valence-corrected chi connectivity index (χ3v) is 4.89. The van der Waals surface area contributed by atoms with Gasteiger partial charge in [-0.1, -0.05) is 31.5 Å². The van der Waals surface area contributed by atoms with Crippen LogP contribution in [-0.4, -0.2) is 27.9 Å². The molecule has 1 saturated heterocycles. The number of aromatic nitrogens is 3. The van der Waals surface area contributed by atoms with Crippen molar-refractivity contribution in [3.05, 3.63) is 54.5 Å². The fraction of sp³-hybridized carbons (Fsp3) is 0.400. The van der Waals surface area contributed by atoms with Crippen LogP contribution in [0.1, 0.15) is 37.9 Å². The number of para-hydroxylation sites is 1. The predicted molar refractivity (Wildman–Crippen MR) is 98.4 cm³/mol. The highest BCUT2D eigenvalue weighted by Crippen LogP contribution is 2.32. The van der Waals surface area contributed by atoms with Crippen LogP contribution in [0.15, 0.2) is 48.8 Å². The van der Waals surface area contributed by atoms with E-state index in [0.717, 1.165) is 31.4 Å². The molecule has 3 aromatic rings. The molecule has 0 radical (unpaired) electrons. The molecule has 4 rings (SSSR count). The van der Waals surface area contributed by atoms with Crippen molar-refractivity contribution in [1.29, 1.82) is 0 Å². The molecule has 1 unspecified atom stereocenters. The Morgan fingerprint density at radius 2 is 2.12 bits per heavy atom. The largest absolute Gasteiger partial charge is 0.369 e. The predicted octanol–water partition coefficient (Wildman–Crippen LogP) is 4.23. The van der Waals surface area contributed by atoms with Gasteiger partial charge in [0, 0.05) is 42.3 Å². The van der Waals surface area contributed by atoms with Crippen LogP contribution in [0.4, 0.5) is 5.69 Å². The van der Waals surface area contributed by atoms with Crippen LogP contribution in [0.25, 0.3) is 10.9 Å². The monoisotopic (exact) mass is 320 g/mol. The molecule has 4 heteroatoms. The van der Waals surface area contributed by atoms with Crippen molar-refractivity contribution < 1.29 is 0 Å². The van der Waals surface area contributed by atoms with Gasteiger partial charge in [-0.2, -0.15) is 5.10 Å². The molecule has 0 amide bonds. The van der Waals surface area contributed by atoms with E-state index in [2.05, 4.69) is 58.1 Å². The molecule has 124 valence electrons. The molecular formula is C20H24N4. The Morgan fingerprint density at radius 1 is 1.21 bits per heavy atom. The molecule has 1 fully saturated rings. The zero-order chi connectivity index (χ0) is 16.4. The van der Waals surface area contributed by atoms with Gasteiger partial charge < -0.3 is 4.90 Å². The minimum absolute atomic E-state index is 0.454. The van der Waals surface area contributed by atoms with Gasteiger partial charge in [0.1, 0.15) is 0 Å². The lowest BCUT2D eigenvalue weighted by Gasteiger charge is -2.35. The first-order valence-electron chi connectivity index (χ1n) is 8.98. The number of hydrogen-bond donors (Lipinski definition) is 0. The molecule has 1 aliphatic rings. The fourth-order valence-corrected chi connectivity index (χ4v) is 3.74. The lowest BCUT2D eigenvalue weighted by molar-refractivity contribution is 0.376. The molecular weight excluding hydrogens is 296 g/mol. The van der Waals surface area contributed by atoms with Crippen LogP contribution in [0.5, 0.6) is 0 Å². The van der Waals surface area contributed by atoms with Crippen LogP contribution in [0.2, 0.25) is 0 Å². The summed E-state index contributed by atoms with van der Waals surface area (Å²) in [5.74, 6) is 0. The molecule has 1 atom stereocenters. The van der Waals surface area contributed by atoms with E-state index in [1.807, 2.05) is 12.3 Å². The number of anilines is 1. The van der Waals surface area contributed by atoms with Gasteiger partial charge in [0.15, 0.2) is 0 Å². The first-order valence-corrected chi connectivity index (χ1v) is 8.98. The first-order chi connectivity index (χ1) is 11.8. The number of piperidine rings is 1. The molecule has 1 aliphatic heterocycles. The number of hydrogen-bond acceptors (Lipinski definition) is 3. The van der Waals surface area contributed by atoms with E-state index >= 15 is 0 Å². The average molecular weight is 320 g/mol. The highest BCUT2D eigenvalue weighted by Gasteiger charge is 2.23. The van der Waals surface area contributed by atoms with Gasteiger partial charge >= 0.3 is 0 Å². The summed E-state index contributed by atoms with van der Waals surface area (Å²) < 4.78 is 2.11. The second-order valence-corrected chi connectivity index (χ2v) is 6.63. The van der Waals surface area contributed by atoms with Crippen molar-refractivity contribution in [2.45, 2.75) is 38.6 Å². The standard InChI is InChI=1S/C20H24N4/c1-2-7-16-14-20(18-9-3-4-10-19(18)22-16)23-12-5-8-17(15-23)24-13-6-11-21-24/h3-4,6,9-11,13-14,17H,2,5,7-8,12,15H2,1H3. The van der Waals surface area contributed by atoms with Gasteiger partial charge in [-0.25, -0.2) is 0 Å². The zero-order valence-electron chi connectivity index (χ0n) is 14.2. The van der Waals surface area contributed by atoms with Crippen molar-refractivity contribution in [2.24, 2.45) is 0 Å². The smallest absolute Gasteiger partial charge is 0.0726 e. The number of rotatable bonds is 4. The van der Waals surface area contributed by atoms with Gasteiger partial charge in [0.2, 0.25) is 0 Å². The Balaban J connectivity index is 1.71. The Bertz CT molecular complexity index is 810. The van der Waals surface area contributed by atoms with E-state index in [9.17, 15) is 0 Å². The summed E-state index contributed by atoms with van der Waals surface area (Å²) in [5, 5.41) is 5.72. The number of aryl methyl sites for hydroxylation is 1. The topological polar surface area (TPSA) is 34.0 Å². The van der Waals surface area contributed by atoms with Gasteiger partial charge in [0.05, 0.1) is 11.6 Å². The van der Waals surface area contributed by atoms with Crippen LogP contribution < -0.4 is 4.90 Å². The summed E-state index contributed by atoms with van der Waals surface area (Å²) in [4.78, 5) is 7.37. The molecule has 1 aromatic carbocycles. The number of benzene rings is 1. The van der Waals surface area contributed by atoms with Crippen LogP contribution in [0.3, 0.4) is 0 Å². The molecule has 0 spiro atoms. The van der Waals surface area contributed by atoms with Crippen molar-refractivity contribution in [3.63, 3.8) is 0 Å². The summed E-state index contributed by atoms with van der Waals surface area (Å²) in [5.41, 5.74) is 3.65. The number of pyridine rings is 1. The third kappa shape index (κ3) is 2.88. The average Bonchev–Trinajstić information content (AvgIpc) is 3.16. The Kier molecular flexibility index (Phi) is 4.20. The van der Waals surface area contributed by atoms with E-state index in [1.54, 1.807) is 0 Å².